The van der Waals surface area contributed by atoms with Crippen molar-refractivity contribution in [1.82, 2.24) is 24.1 Å². The first kappa shape index (κ1) is 17.1. The van der Waals surface area contributed by atoms with Gasteiger partial charge in [0.2, 0.25) is 5.88 Å². The Morgan fingerprint density at radius 1 is 1.12 bits per heavy atom. The molecule has 0 saturated heterocycles. The molecule has 3 rings (SSSR count). The summed E-state index contributed by atoms with van der Waals surface area (Å²) in [5.41, 5.74) is 1.55. The first-order valence-electron chi connectivity index (χ1n) is 8.81. The quantitative estimate of drug-likeness (QED) is 0.520. The Kier molecular flexibility index (Phi) is 5.42. The third-order valence-corrected chi connectivity index (χ3v) is 4.42. The highest BCUT2D eigenvalue weighted by atomic mass is 16.3. The molecule has 3 heterocycles. The number of unbranched alkanes of at least 4 members (excludes halogenated alkanes) is 2. The lowest BCUT2D eigenvalue weighted by atomic mass is 10.1. The van der Waals surface area contributed by atoms with E-state index < -0.39 is 0 Å². The van der Waals surface area contributed by atoms with Crippen molar-refractivity contribution in [2.45, 2.75) is 52.1 Å². The Morgan fingerprint density at radius 3 is 2.68 bits per heavy atom. The highest BCUT2D eigenvalue weighted by molar-refractivity contribution is 5.65. The van der Waals surface area contributed by atoms with Crippen molar-refractivity contribution in [3.05, 3.63) is 36.7 Å². The van der Waals surface area contributed by atoms with E-state index in [1.165, 1.54) is 0 Å². The molecule has 0 aliphatic rings. The maximum atomic E-state index is 10.5. The number of hydrogen-bond acceptors (Lipinski definition) is 4. The molecule has 7 heteroatoms. The van der Waals surface area contributed by atoms with Gasteiger partial charge in [0.25, 0.3) is 0 Å². The average Bonchev–Trinajstić information content (AvgIpc) is 3.34. The Morgan fingerprint density at radius 2 is 2.00 bits per heavy atom. The highest BCUT2D eigenvalue weighted by Crippen LogP contribution is 2.40. The fourth-order valence-corrected chi connectivity index (χ4v) is 3.15. The van der Waals surface area contributed by atoms with Crippen LogP contribution in [0, 0.1) is 0 Å². The van der Waals surface area contributed by atoms with Crippen molar-refractivity contribution in [3.8, 4) is 23.1 Å². The van der Waals surface area contributed by atoms with E-state index >= 15 is 0 Å². The maximum Gasteiger partial charge on any atom is 0.235 e. The Hall–Kier alpha value is -2.70. The van der Waals surface area contributed by atoms with E-state index in [-0.39, 0.29) is 11.6 Å². The third-order valence-electron chi connectivity index (χ3n) is 4.42. The van der Waals surface area contributed by atoms with Gasteiger partial charge in [0.1, 0.15) is 0 Å². The van der Waals surface area contributed by atoms with Crippen molar-refractivity contribution < 1.29 is 10.2 Å². The van der Waals surface area contributed by atoms with Gasteiger partial charge < -0.3 is 24.3 Å². The molecular weight excluding hydrogens is 318 g/mol. The summed E-state index contributed by atoms with van der Waals surface area (Å²) < 4.78 is 3.75. The van der Waals surface area contributed by atoms with Crippen molar-refractivity contribution in [2.75, 3.05) is 0 Å². The number of rotatable bonds is 9. The van der Waals surface area contributed by atoms with Crippen LogP contribution in [0.5, 0.6) is 11.6 Å². The van der Waals surface area contributed by atoms with E-state index in [0.717, 1.165) is 49.9 Å². The molecule has 0 unspecified atom stereocenters. The zero-order chi connectivity index (χ0) is 17.6. The van der Waals surface area contributed by atoms with Crippen LogP contribution in [-0.4, -0.2) is 34.3 Å². The summed E-state index contributed by atoms with van der Waals surface area (Å²) in [5.74, 6) is 0.568. The summed E-state index contributed by atoms with van der Waals surface area (Å²) in [4.78, 5) is 11.5. The lowest BCUT2D eigenvalue weighted by Crippen LogP contribution is -2.05. The predicted octanol–water partition coefficient (Wildman–Crippen LogP) is 3.31. The average molecular weight is 343 g/mol. The van der Waals surface area contributed by atoms with Gasteiger partial charge in [0.05, 0.1) is 12.0 Å². The molecule has 3 aromatic heterocycles. The van der Waals surface area contributed by atoms with Gasteiger partial charge in [0, 0.05) is 43.4 Å². The molecule has 0 bridgehead atoms. The standard InChI is InChI=1S/C18H25N5O2/c1-2-3-4-6-14-15(17-20-7-8-21-17)23(18(25)16(14)24)11-5-10-22-12-9-19-13-22/h7-9,12-13,24-25H,2-6,10-11H2,1H3,(H,20,21). The molecule has 0 radical (unpaired) electrons. The maximum absolute atomic E-state index is 10.5. The highest BCUT2D eigenvalue weighted by Gasteiger charge is 2.24. The van der Waals surface area contributed by atoms with Gasteiger partial charge >= 0.3 is 0 Å². The van der Waals surface area contributed by atoms with Gasteiger partial charge in [-0.05, 0) is 19.3 Å². The number of hydrogen-bond donors (Lipinski definition) is 3. The van der Waals surface area contributed by atoms with Gasteiger partial charge in [-0.1, -0.05) is 19.8 Å². The van der Waals surface area contributed by atoms with Crippen LogP contribution < -0.4 is 0 Å². The molecule has 134 valence electrons. The smallest absolute Gasteiger partial charge is 0.235 e. The number of aryl methyl sites for hydroxylation is 1. The second-order valence-electron chi connectivity index (χ2n) is 6.20. The van der Waals surface area contributed by atoms with Gasteiger partial charge in [-0.3, -0.25) is 0 Å². The van der Waals surface area contributed by atoms with Crippen LogP contribution in [-0.2, 0) is 19.5 Å². The van der Waals surface area contributed by atoms with Crippen molar-refractivity contribution in [1.29, 1.82) is 0 Å². The predicted molar refractivity (Wildman–Crippen MR) is 95.4 cm³/mol. The van der Waals surface area contributed by atoms with Crippen molar-refractivity contribution >= 4 is 0 Å². The largest absolute Gasteiger partial charge is 0.503 e. The molecule has 0 fully saturated rings. The first-order valence-corrected chi connectivity index (χ1v) is 8.81. The third kappa shape index (κ3) is 3.70. The number of aromatic hydroxyl groups is 2. The van der Waals surface area contributed by atoms with Crippen LogP contribution in [0.15, 0.2) is 31.1 Å². The van der Waals surface area contributed by atoms with Crippen molar-refractivity contribution in [3.63, 3.8) is 0 Å². The second-order valence-corrected chi connectivity index (χ2v) is 6.20. The molecule has 0 spiro atoms. The minimum atomic E-state index is -0.0801. The molecule has 0 saturated carbocycles. The first-order chi connectivity index (χ1) is 12.2. The van der Waals surface area contributed by atoms with E-state index in [9.17, 15) is 10.2 Å². The zero-order valence-corrected chi connectivity index (χ0v) is 14.5. The SMILES string of the molecule is CCCCCc1c(O)c(O)n(CCCn2ccnc2)c1-c1ncc[nH]1. The fraction of sp³-hybridized carbons (Fsp3) is 0.444. The van der Waals surface area contributed by atoms with E-state index in [4.69, 9.17) is 0 Å². The number of aromatic amines is 1. The van der Waals surface area contributed by atoms with E-state index in [1.807, 2.05) is 10.8 Å². The zero-order valence-electron chi connectivity index (χ0n) is 14.5. The van der Waals surface area contributed by atoms with Crippen LogP contribution in [0.3, 0.4) is 0 Å². The van der Waals surface area contributed by atoms with Crippen molar-refractivity contribution in [2.24, 2.45) is 0 Å². The summed E-state index contributed by atoms with van der Waals surface area (Å²) in [6.45, 7) is 3.52. The monoisotopic (exact) mass is 343 g/mol. The minimum Gasteiger partial charge on any atom is -0.503 e. The Balaban J connectivity index is 1.85. The minimum absolute atomic E-state index is 0.0230. The van der Waals surface area contributed by atoms with Gasteiger partial charge in [0.15, 0.2) is 11.6 Å². The molecule has 25 heavy (non-hydrogen) atoms. The Bertz CT molecular complexity index is 775. The van der Waals surface area contributed by atoms with E-state index in [0.29, 0.717) is 12.4 Å². The molecule has 0 aliphatic carbocycles. The Labute approximate surface area is 147 Å². The second kappa shape index (κ2) is 7.92. The van der Waals surface area contributed by atoms with Gasteiger partial charge in [-0.25, -0.2) is 9.97 Å². The number of H-pyrrole nitrogens is 1. The number of nitrogens with zero attached hydrogens (tertiary/aromatic N) is 4. The van der Waals surface area contributed by atoms with Crippen LogP contribution in [0.2, 0.25) is 0 Å². The summed E-state index contributed by atoms with van der Waals surface area (Å²) in [7, 11) is 0. The van der Waals surface area contributed by atoms with Gasteiger partial charge in [-0.15, -0.1) is 0 Å². The fourth-order valence-electron chi connectivity index (χ4n) is 3.15. The number of nitrogens with one attached hydrogen (secondary N) is 1. The molecule has 0 atom stereocenters. The van der Waals surface area contributed by atoms with Crippen LogP contribution in [0.4, 0.5) is 0 Å². The molecular formula is C18H25N5O2. The molecule has 3 N–H and O–H groups in total. The van der Waals surface area contributed by atoms with E-state index in [2.05, 4.69) is 21.9 Å². The van der Waals surface area contributed by atoms with Crippen LogP contribution >= 0.6 is 0 Å². The van der Waals surface area contributed by atoms with Crippen LogP contribution in [0.25, 0.3) is 11.5 Å². The molecule has 0 aromatic carbocycles. The molecule has 7 nitrogen and oxygen atoms in total. The summed E-state index contributed by atoms with van der Waals surface area (Å²) in [6, 6.07) is 0. The molecule has 0 aliphatic heterocycles. The summed E-state index contributed by atoms with van der Waals surface area (Å²) >= 11 is 0. The van der Waals surface area contributed by atoms with Gasteiger partial charge in [-0.2, -0.15) is 0 Å². The lowest BCUT2D eigenvalue weighted by Gasteiger charge is -2.10. The topological polar surface area (TPSA) is 91.9 Å². The van der Waals surface area contributed by atoms with Crippen LogP contribution in [0.1, 0.15) is 38.2 Å². The number of imidazole rings is 2. The number of aromatic nitrogens is 5. The summed E-state index contributed by atoms with van der Waals surface area (Å²) in [5, 5.41) is 20.9. The lowest BCUT2D eigenvalue weighted by molar-refractivity contribution is 0.366. The molecule has 3 aromatic rings. The summed E-state index contributed by atoms with van der Waals surface area (Å²) in [6.07, 6.45) is 13.6. The normalized spacial score (nSPS) is 11.2. The van der Waals surface area contributed by atoms with E-state index in [1.54, 1.807) is 29.5 Å². The molecule has 0 amide bonds.